The first-order valence-electron chi connectivity index (χ1n) is 7.70. The van der Waals surface area contributed by atoms with Gasteiger partial charge in [-0.3, -0.25) is 0 Å². The van der Waals surface area contributed by atoms with Gasteiger partial charge in [-0.05, 0) is 54.0 Å². The van der Waals surface area contributed by atoms with Crippen molar-refractivity contribution in [3.8, 4) is 0 Å². The van der Waals surface area contributed by atoms with Crippen LogP contribution in [0.3, 0.4) is 0 Å². The molecule has 0 aliphatic carbocycles. The molecule has 0 radical (unpaired) electrons. The lowest BCUT2D eigenvalue weighted by molar-refractivity contribution is -0.571. The van der Waals surface area contributed by atoms with Gasteiger partial charge in [-0.15, -0.1) is 0 Å². The highest BCUT2D eigenvalue weighted by Crippen LogP contribution is 2.21. The molecule has 1 rings (SSSR count). The van der Waals surface area contributed by atoms with Crippen molar-refractivity contribution in [1.82, 2.24) is 0 Å². The first kappa shape index (κ1) is 18.5. The molecule has 0 atom stereocenters. The largest absolute Gasteiger partial charge is 0.357 e. The lowest BCUT2D eigenvalue weighted by Gasteiger charge is -2.18. The number of hydrogen-bond acceptors (Lipinski definition) is 0. The molecule has 0 aliphatic rings. The third-order valence-electron chi connectivity index (χ3n) is 3.21. The molecule has 1 heteroatoms. The fraction of sp³-hybridized carbons (Fsp3) is 0.500. The molecule has 1 aromatic rings. The predicted octanol–water partition coefficient (Wildman–Crippen LogP) is 3.14. The third-order valence-corrected chi connectivity index (χ3v) is 6.16. The molecule has 0 fully saturated rings. The van der Waals surface area contributed by atoms with E-state index in [0.717, 1.165) is 6.42 Å². The summed E-state index contributed by atoms with van der Waals surface area (Å²) in [6, 6.07) is 9.21. The molecule has 0 N–H and O–H groups in total. The fourth-order valence-electron chi connectivity index (χ4n) is 1.85. The zero-order valence-corrected chi connectivity index (χ0v) is 16.8. The standard InChI is InChI=1S/C20H30I/c1-8-17(10-9-15-19(2,3)4)21-18-13-11-16(12-14-18)20(5,6)7/h8-14H,15H2,1-7H3/q+1/b10-9-,17-8+. The summed E-state index contributed by atoms with van der Waals surface area (Å²) in [5, 5.41) is 0. The highest BCUT2D eigenvalue weighted by molar-refractivity contribution is 5.22. The van der Waals surface area contributed by atoms with Crippen LogP contribution in [-0.2, 0) is 5.41 Å². The van der Waals surface area contributed by atoms with Crippen molar-refractivity contribution in [1.29, 1.82) is 0 Å². The van der Waals surface area contributed by atoms with Crippen LogP contribution >= 0.6 is 0 Å². The van der Waals surface area contributed by atoms with Crippen molar-refractivity contribution < 1.29 is 21.2 Å². The number of allylic oxidation sites excluding steroid dienone is 4. The van der Waals surface area contributed by atoms with E-state index in [1.807, 2.05) is 0 Å². The predicted molar refractivity (Wildman–Crippen MR) is 90.8 cm³/mol. The van der Waals surface area contributed by atoms with E-state index in [9.17, 15) is 0 Å². The lowest BCUT2D eigenvalue weighted by Crippen LogP contribution is -3.60. The number of halogens is 1. The Morgan fingerprint density at radius 1 is 1.00 bits per heavy atom. The molecule has 0 aliphatic heterocycles. The second-order valence-electron chi connectivity index (χ2n) is 7.69. The second-order valence-corrected chi connectivity index (χ2v) is 10.7. The average Bonchev–Trinajstić information content (AvgIpc) is 2.35. The SMILES string of the molecule is C/C=C(\C=C/CC(C)(C)C)[I+]c1ccc(C(C)(C)C)cc1. The molecule has 0 spiro atoms. The van der Waals surface area contributed by atoms with E-state index in [1.54, 1.807) is 0 Å². The molecule has 0 saturated heterocycles. The van der Waals surface area contributed by atoms with Gasteiger partial charge in [-0.1, -0.05) is 59.8 Å². The maximum Gasteiger partial charge on any atom is 0.357 e. The summed E-state index contributed by atoms with van der Waals surface area (Å²) in [4.78, 5) is 0. The van der Waals surface area contributed by atoms with E-state index in [4.69, 9.17) is 0 Å². The summed E-state index contributed by atoms with van der Waals surface area (Å²) in [7, 11) is 0. The Morgan fingerprint density at radius 2 is 1.57 bits per heavy atom. The maximum absolute atomic E-state index is 2.33. The van der Waals surface area contributed by atoms with E-state index < -0.39 is 0 Å². The summed E-state index contributed by atoms with van der Waals surface area (Å²) in [6.07, 6.45) is 8.07. The van der Waals surface area contributed by atoms with Crippen molar-refractivity contribution in [2.45, 2.75) is 60.3 Å². The van der Waals surface area contributed by atoms with Crippen LogP contribution in [-0.4, -0.2) is 0 Å². The summed E-state index contributed by atoms with van der Waals surface area (Å²) < 4.78 is 3.00. The monoisotopic (exact) mass is 397 g/mol. The smallest absolute Gasteiger partial charge is 0.0795 e. The van der Waals surface area contributed by atoms with Gasteiger partial charge in [0, 0.05) is 0 Å². The van der Waals surface area contributed by atoms with Gasteiger partial charge in [0.05, 0.1) is 0 Å². The van der Waals surface area contributed by atoms with Crippen molar-refractivity contribution in [2.24, 2.45) is 5.41 Å². The molecule has 0 aromatic heterocycles. The molecular formula is C20H30I+. The lowest BCUT2D eigenvalue weighted by atomic mass is 9.87. The quantitative estimate of drug-likeness (QED) is 0.541. The van der Waals surface area contributed by atoms with E-state index >= 15 is 0 Å². The van der Waals surface area contributed by atoms with E-state index in [0.29, 0.717) is 5.41 Å². The molecule has 0 unspecified atom stereocenters. The topological polar surface area (TPSA) is 0 Å². The van der Waals surface area contributed by atoms with Crippen LogP contribution in [0.25, 0.3) is 0 Å². The normalized spacial score (nSPS) is 14.0. The molecule has 0 bridgehead atoms. The molecule has 116 valence electrons. The Labute approximate surface area is 142 Å². The second kappa shape index (κ2) is 7.62. The first-order valence-corrected chi connectivity index (χ1v) is 9.86. The van der Waals surface area contributed by atoms with Crippen LogP contribution in [0.1, 0.15) is 60.5 Å². The molecule has 0 saturated carbocycles. The van der Waals surface area contributed by atoms with Crippen LogP contribution in [0, 0.1) is 8.99 Å². The van der Waals surface area contributed by atoms with Gasteiger partial charge >= 0.3 is 21.2 Å². The Kier molecular flexibility index (Phi) is 6.71. The van der Waals surface area contributed by atoms with Crippen LogP contribution in [0.5, 0.6) is 0 Å². The average molecular weight is 397 g/mol. The number of benzene rings is 1. The van der Waals surface area contributed by atoms with E-state index in [-0.39, 0.29) is 26.6 Å². The van der Waals surface area contributed by atoms with Crippen molar-refractivity contribution >= 4 is 0 Å². The molecule has 1 aromatic carbocycles. The summed E-state index contributed by atoms with van der Waals surface area (Å²) in [5.74, 6) is 0. The van der Waals surface area contributed by atoms with Gasteiger partial charge < -0.3 is 0 Å². The minimum Gasteiger partial charge on any atom is -0.0795 e. The zero-order valence-electron chi connectivity index (χ0n) is 14.6. The number of rotatable bonds is 4. The van der Waals surface area contributed by atoms with Crippen LogP contribution < -0.4 is 21.2 Å². The van der Waals surface area contributed by atoms with Gasteiger partial charge in [-0.25, -0.2) is 0 Å². The van der Waals surface area contributed by atoms with E-state index in [1.165, 1.54) is 12.7 Å². The van der Waals surface area contributed by atoms with Crippen molar-refractivity contribution in [3.63, 3.8) is 0 Å². The van der Waals surface area contributed by atoms with E-state index in [2.05, 4.69) is 91.0 Å². The minimum absolute atomic E-state index is 0.0636. The zero-order chi connectivity index (χ0) is 16.1. The Bertz CT molecular complexity index is 490. The minimum atomic E-state index is -0.0636. The van der Waals surface area contributed by atoms with Gasteiger partial charge in [-0.2, -0.15) is 0 Å². The third kappa shape index (κ3) is 7.30. The molecule has 0 amide bonds. The van der Waals surface area contributed by atoms with Crippen molar-refractivity contribution in [3.05, 3.63) is 55.2 Å². The highest BCUT2D eigenvalue weighted by atomic mass is 127. The summed E-state index contributed by atoms with van der Waals surface area (Å²) in [6.45, 7) is 15.8. The molecule has 0 heterocycles. The van der Waals surface area contributed by atoms with Crippen LogP contribution in [0.4, 0.5) is 0 Å². The first-order chi connectivity index (χ1) is 9.62. The fourth-order valence-corrected chi connectivity index (χ4v) is 4.03. The van der Waals surface area contributed by atoms with Crippen molar-refractivity contribution in [2.75, 3.05) is 0 Å². The Balaban J connectivity index is 2.71. The Morgan fingerprint density at radius 3 is 2.00 bits per heavy atom. The number of hydrogen-bond donors (Lipinski definition) is 0. The van der Waals surface area contributed by atoms with Gasteiger partial charge in [0.15, 0.2) is 7.15 Å². The molecular weight excluding hydrogens is 367 g/mol. The maximum atomic E-state index is 2.33. The summed E-state index contributed by atoms with van der Waals surface area (Å²) >= 11 is -0.0636. The van der Waals surface area contributed by atoms with Crippen LogP contribution in [0.2, 0.25) is 0 Å². The summed E-state index contributed by atoms with van der Waals surface area (Å²) in [5.41, 5.74) is 2.04. The molecule has 0 nitrogen and oxygen atoms in total. The Hall–Kier alpha value is -0.570. The molecule has 21 heavy (non-hydrogen) atoms. The van der Waals surface area contributed by atoms with Gasteiger partial charge in [0.1, 0.15) is 0 Å². The highest BCUT2D eigenvalue weighted by Gasteiger charge is 2.19. The van der Waals surface area contributed by atoms with Crippen LogP contribution in [0.15, 0.2) is 46.1 Å². The van der Waals surface area contributed by atoms with Gasteiger partial charge in [0.2, 0.25) is 0 Å². The van der Waals surface area contributed by atoms with Gasteiger partial charge in [0.25, 0.3) is 0 Å².